The molecule has 1 heterocycles. The Morgan fingerprint density at radius 2 is 1.19 bits per heavy atom. The van der Waals surface area contributed by atoms with E-state index in [0.717, 1.165) is 54.9 Å². The van der Waals surface area contributed by atoms with E-state index in [-0.39, 0.29) is 15.6 Å². The van der Waals surface area contributed by atoms with E-state index in [1.807, 2.05) is 0 Å². The average molecular weight is 797 g/mol. The number of halogens is 2. The summed E-state index contributed by atoms with van der Waals surface area (Å²) in [6.45, 7) is 24.7. The van der Waals surface area contributed by atoms with Crippen LogP contribution in [0.25, 0.3) is 0 Å². The molecule has 0 saturated heterocycles. The maximum absolute atomic E-state index is 11.8. The number of rotatable bonds is 15. The summed E-state index contributed by atoms with van der Waals surface area (Å²) in [6.07, 6.45) is 7.23. The fraction of sp³-hybridized carbons (Fsp3) is 0.579. The first-order valence-electron chi connectivity index (χ1n) is 17.1. The molecule has 1 aromatic heterocycles. The quantitative estimate of drug-likeness (QED) is 0.0664. The maximum Gasteiger partial charge on any atom is 0.286 e. The SMILES string of the molecule is CC(C)(C)[Si](C)(C)OCCCCc1ccc(CBr)cc1.Cn1ncc(SCc2ccc(CCCO[Si](C)(C)C(C)(C)C)cc2)c(Cl)c1=O. The first-order chi connectivity index (χ1) is 22.3. The number of hydrogen-bond acceptors (Lipinski definition) is 5. The molecule has 3 rings (SSSR count). The minimum atomic E-state index is -1.65. The molecule has 0 spiro atoms. The molecule has 0 amide bonds. The van der Waals surface area contributed by atoms with Crippen molar-refractivity contribution < 1.29 is 8.85 Å². The molecule has 3 aromatic rings. The van der Waals surface area contributed by atoms with Crippen LogP contribution >= 0.6 is 39.3 Å². The van der Waals surface area contributed by atoms with Gasteiger partial charge in [-0.1, -0.05) is 118 Å². The normalized spacial score (nSPS) is 12.5. The fourth-order valence-corrected chi connectivity index (χ4v) is 7.88. The van der Waals surface area contributed by atoms with Crippen LogP contribution in [0.1, 0.15) is 83.1 Å². The monoisotopic (exact) mass is 794 g/mol. The van der Waals surface area contributed by atoms with Gasteiger partial charge in [-0.15, -0.1) is 11.8 Å². The van der Waals surface area contributed by atoms with E-state index in [0.29, 0.717) is 5.04 Å². The van der Waals surface area contributed by atoms with Crippen LogP contribution in [-0.2, 0) is 39.8 Å². The fourth-order valence-electron chi connectivity index (χ4n) is 4.15. The van der Waals surface area contributed by atoms with Gasteiger partial charge >= 0.3 is 0 Å². The van der Waals surface area contributed by atoms with Gasteiger partial charge in [0.25, 0.3) is 5.56 Å². The predicted octanol–water partition coefficient (Wildman–Crippen LogP) is 11.6. The first-order valence-corrected chi connectivity index (χ1v) is 25.4. The third kappa shape index (κ3) is 14.2. The molecule has 0 unspecified atom stereocenters. The Labute approximate surface area is 311 Å². The van der Waals surface area contributed by atoms with Gasteiger partial charge in [-0.05, 0) is 90.6 Å². The number of aryl methyl sites for hydroxylation is 3. The van der Waals surface area contributed by atoms with Gasteiger partial charge in [0.1, 0.15) is 5.02 Å². The van der Waals surface area contributed by atoms with Crippen molar-refractivity contribution in [3.8, 4) is 0 Å². The Hall–Kier alpha value is -1.21. The summed E-state index contributed by atoms with van der Waals surface area (Å²) >= 11 is 11.1. The molecule has 0 saturated carbocycles. The van der Waals surface area contributed by atoms with Crippen molar-refractivity contribution >= 4 is 55.9 Å². The number of benzene rings is 2. The lowest BCUT2D eigenvalue weighted by Gasteiger charge is -2.36. The lowest BCUT2D eigenvalue weighted by atomic mass is 10.1. The Morgan fingerprint density at radius 3 is 1.67 bits per heavy atom. The highest BCUT2D eigenvalue weighted by atomic mass is 79.9. The molecule has 10 heteroatoms. The molecule has 2 aromatic carbocycles. The molecule has 0 atom stereocenters. The van der Waals surface area contributed by atoms with Crippen molar-refractivity contribution in [2.24, 2.45) is 7.05 Å². The number of hydrogen-bond donors (Lipinski definition) is 0. The van der Waals surface area contributed by atoms with E-state index >= 15 is 0 Å². The lowest BCUT2D eigenvalue weighted by molar-refractivity contribution is 0.279. The molecule has 0 aliphatic rings. The third-order valence-corrected chi connectivity index (χ3v) is 20.9. The van der Waals surface area contributed by atoms with Crippen LogP contribution in [0.15, 0.2) is 64.4 Å². The molecule has 0 aliphatic carbocycles. The molecule has 48 heavy (non-hydrogen) atoms. The molecule has 0 bridgehead atoms. The zero-order chi connectivity index (χ0) is 36.2. The second-order valence-corrected chi connectivity index (χ2v) is 27.2. The average Bonchev–Trinajstić information content (AvgIpc) is 3.01. The summed E-state index contributed by atoms with van der Waals surface area (Å²) in [5, 5.41) is 5.78. The van der Waals surface area contributed by atoms with Crippen molar-refractivity contribution in [3.63, 3.8) is 0 Å². The topological polar surface area (TPSA) is 53.4 Å². The van der Waals surface area contributed by atoms with E-state index in [1.165, 1.54) is 45.1 Å². The van der Waals surface area contributed by atoms with E-state index in [2.05, 4.69) is 137 Å². The number of unbranched alkanes of at least 4 members (excludes halogenated alkanes) is 1. The van der Waals surface area contributed by atoms with Crippen LogP contribution < -0.4 is 5.56 Å². The lowest BCUT2D eigenvalue weighted by Crippen LogP contribution is -2.41. The van der Waals surface area contributed by atoms with Crippen molar-refractivity contribution in [2.45, 2.75) is 126 Å². The van der Waals surface area contributed by atoms with Crippen molar-refractivity contribution in [1.29, 1.82) is 0 Å². The zero-order valence-electron chi connectivity index (χ0n) is 31.3. The Balaban J connectivity index is 0.000000353. The molecule has 0 N–H and O–H groups in total. The summed E-state index contributed by atoms with van der Waals surface area (Å²) < 4.78 is 13.7. The summed E-state index contributed by atoms with van der Waals surface area (Å²) in [7, 11) is -1.61. The van der Waals surface area contributed by atoms with Crippen LogP contribution in [0.5, 0.6) is 0 Å². The molecule has 0 fully saturated rings. The van der Waals surface area contributed by atoms with Crippen molar-refractivity contribution in [3.05, 3.63) is 92.4 Å². The van der Waals surface area contributed by atoms with E-state index < -0.39 is 16.6 Å². The van der Waals surface area contributed by atoms with Gasteiger partial charge in [0.05, 0.1) is 11.1 Å². The van der Waals surface area contributed by atoms with Gasteiger partial charge in [-0.25, -0.2) is 4.68 Å². The molecule has 5 nitrogen and oxygen atoms in total. The summed E-state index contributed by atoms with van der Waals surface area (Å²) in [6, 6.07) is 17.5. The van der Waals surface area contributed by atoms with Crippen molar-refractivity contribution in [2.75, 3.05) is 13.2 Å². The molecular formula is C38H60BrClN2O3SSi2. The largest absolute Gasteiger partial charge is 0.417 e. The van der Waals surface area contributed by atoms with E-state index in [4.69, 9.17) is 20.5 Å². The highest BCUT2D eigenvalue weighted by Gasteiger charge is 2.37. The van der Waals surface area contributed by atoms with Gasteiger partial charge in [0.15, 0.2) is 16.6 Å². The van der Waals surface area contributed by atoms with Gasteiger partial charge in [0.2, 0.25) is 0 Å². The van der Waals surface area contributed by atoms with Crippen LogP contribution in [0.2, 0.25) is 41.3 Å². The van der Waals surface area contributed by atoms with Crippen LogP contribution in [0.4, 0.5) is 0 Å². The highest BCUT2D eigenvalue weighted by Crippen LogP contribution is 2.37. The number of thioether (sulfide) groups is 1. The third-order valence-electron chi connectivity index (χ3n) is 9.65. The Kier molecular flexibility index (Phi) is 17.4. The molecule has 0 aliphatic heterocycles. The standard InChI is InChI=1S/C21H31ClN2O2SSi.C17H29BrOSi/c1-21(2,3)28(5,6)26-13-7-8-16-9-11-17(12-10-16)15-27-18-14-23-24(4)20(25)19(18)22;1-17(2,3)20(4,5)19-13-7-6-8-15-9-11-16(14-18)12-10-15/h9-12,14H,7-8,13,15H2,1-6H3;9-12H,6-8,13-14H2,1-5H3. The van der Waals surface area contributed by atoms with Crippen LogP contribution in [-0.4, -0.2) is 39.6 Å². The van der Waals surface area contributed by atoms with Gasteiger partial charge in [0, 0.05) is 31.3 Å². The Bertz CT molecular complexity index is 1450. The second kappa shape index (κ2) is 19.4. The van der Waals surface area contributed by atoms with E-state index in [1.54, 1.807) is 13.2 Å². The smallest absolute Gasteiger partial charge is 0.286 e. The number of alkyl halides is 1. The van der Waals surface area contributed by atoms with Gasteiger partial charge in [-0.2, -0.15) is 5.10 Å². The zero-order valence-corrected chi connectivity index (χ0v) is 36.5. The first kappa shape index (κ1) is 43.0. The molecule has 0 radical (unpaired) electrons. The summed E-state index contributed by atoms with van der Waals surface area (Å²) in [4.78, 5) is 12.6. The van der Waals surface area contributed by atoms with Gasteiger partial charge in [-0.3, -0.25) is 4.79 Å². The maximum atomic E-state index is 11.8. The van der Waals surface area contributed by atoms with Crippen LogP contribution in [0.3, 0.4) is 0 Å². The summed E-state index contributed by atoms with van der Waals surface area (Å²) in [5.74, 6) is 0.753. The highest BCUT2D eigenvalue weighted by molar-refractivity contribution is 9.08. The predicted molar refractivity (Wildman–Crippen MR) is 217 cm³/mol. The van der Waals surface area contributed by atoms with Gasteiger partial charge < -0.3 is 8.85 Å². The van der Waals surface area contributed by atoms with Crippen molar-refractivity contribution in [1.82, 2.24) is 9.78 Å². The van der Waals surface area contributed by atoms with Crippen LogP contribution in [0, 0.1) is 0 Å². The van der Waals surface area contributed by atoms with E-state index in [9.17, 15) is 4.79 Å². The number of aromatic nitrogens is 2. The summed E-state index contributed by atoms with van der Waals surface area (Å²) in [5.41, 5.74) is 5.03. The molecular weight excluding hydrogens is 736 g/mol. The number of nitrogens with zero attached hydrogens (tertiary/aromatic N) is 2. The minimum Gasteiger partial charge on any atom is -0.417 e. The molecule has 268 valence electrons. The second-order valence-electron chi connectivity index (χ2n) is 15.6. The minimum absolute atomic E-state index is 0.237. The Morgan fingerprint density at radius 1 is 0.750 bits per heavy atom.